The van der Waals surface area contributed by atoms with Crippen LogP contribution in [-0.4, -0.2) is 66.5 Å². The highest BCUT2D eigenvalue weighted by Gasteiger charge is 2.33. The summed E-state index contributed by atoms with van der Waals surface area (Å²) in [5.74, 6) is -0.832. The summed E-state index contributed by atoms with van der Waals surface area (Å²) in [5, 5.41) is 2.67. The Labute approximate surface area is 397 Å². The quantitative estimate of drug-likeness (QED) is 0.0864. The fourth-order valence-electron chi connectivity index (χ4n) is 6.84. The Hall–Kier alpha value is -7.01. The topological polar surface area (TPSA) is 120 Å². The van der Waals surface area contributed by atoms with Crippen LogP contribution < -0.4 is 5.32 Å². The molecule has 0 radical (unpaired) electrons. The van der Waals surface area contributed by atoms with Gasteiger partial charge < -0.3 is 24.3 Å². The number of allylic oxidation sites excluding steroid dienone is 4. The first-order chi connectivity index (χ1) is 32.4. The predicted molar refractivity (Wildman–Crippen MR) is 262 cm³/mol. The van der Waals surface area contributed by atoms with E-state index < -0.39 is 54.6 Å². The lowest BCUT2D eigenvalue weighted by atomic mass is 9.88. The van der Waals surface area contributed by atoms with Crippen molar-refractivity contribution in [2.75, 3.05) is 14.2 Å². The summed E-state index contributed by atoms with van der Waals surface area (Å²) >= 11 is 0. The lowest BCUT2D eigenvalue weighted by Crippen LogP contribution is -2.46. The molecule has 5 aromatic rings. The van der Waals surface area contributed by atoms with E-state index in [4.69, 9.17) is 20.3 Å². The first-order valence-electron chi connectivity index (χ1n) is 22.9. The highest BCUT2D eigenvalue weighted by atomic mass is 19.1. The first-order valence-corrected chi connectivity index (χ1v) is 22.2. The van der Waals surface area contributed by atoms with E-state index in [0.717, 1.165) is 45.4 Å². The number of halogens is 1. The van der Waals surface area contributed by atoms with Crippen LogP contribution in [0.15, 0.2) is 164 Å². The number of esters is 2. The number of alkyl carbamates (subject to hydrolysis) is 1. The molecular weight excluding hydrogens is 848 g/mol. The maximum atomic E-state index is 13.1. The van der Waals surface area contributed by atoms with E-state index in [9.17, 15) is 23.6 Å². The second-order valence-electron chi connectivity index (χ2n) is 17.9. The molecule has 0 saturated heterocycles. The zero-order valence-corrected chi connectivity index (χ0v) is 39.7. The number of benzene rings is 5. The van der Waals surface area contributed by atoms with Crippen LogP contribution in [0, 0.1) is 5.92 Å². The summed E-state index contributed by atoms with van der Waals surface area (Å²) in [7, 11) is 0.598. The summed E-state index contributed by atoms with van der Waals surface area (Å²) in [4.78, 5) is 52.3. The van der Waals surface area contributed by atoms with Gasteiger partial charge in [-0.05, 0) is 99.3 Å². The van der Waals surface area contributed by atoms with Crippen molar-refractivity contribution < 1.29 is 43.9 Å². The van der Waals surface area contributed by atoms with Gasteiger partial charge in [-0.25, -0.2) is 19.2 Å². The van der Waals surface area contributed by atoms with Crippen molar-refractivity contribution in [3.63, 3.8) is 0 Å². The Morgan fingerprint density at radius 3 is 1.60 bits per heavy atom. The standard InChI is InChI=1S/C28H33NO4.C27H29NO4.CH3F/c1-28(2,3)33-27(31)29(4)25(26(30)32-20-22-11-7-5-8-12-22)19-21-15-17-24(18-16-21)23-13-9-6-10-14-23;1-27(2,3)32-26(30)28-24(25(29)31-19-21-10-6-4-7-11-21)18-20-14-16-23(17-15-20)22-12-8-5-9-13-22;1-2/h5-15,17-18,21,25H,16,19-20H2,1-4H3;4-17,24H,18-19H2,1-3H3,(H,28,30);1H3/t21?,25-;24-;/m00./s1/i;;1D. The van der Waals surface area contributed by atoms with E-state index in [1.165, 1.54) is 4.90 Å². The molecule has 11 heteroatoms. The second-order valence-corrected chi connectivity index (χ2v) is 17.9. The Morgan fingerprint density at radius 1 is 0.657 bits per heavy atom. The van der Waals surface area contributed by atoms with Crippen LogP contribution in [0.25, 0.3) is 16.7 Å². The summed E-state index contributed by atoms with van der Waals surface area (Å²) < 4.78 is 37.4. The summed E-state index contributed by atoms with van der Waals surface area (Å²) in [5.41, 5.74) is 5.89. The van der Waals surface area contributed by atoms with Crippen molar-refractivity contribution in [3.8, 4) is 11.1 Å². The van der Waals surface area contributed by atoms with E-state index in [0.29, 0.717) is 12.8 Å². The minimum absolute atomic E-state index is 0.108. The summed E-state index contributed by atoms with van der Waals surface area (Å²) in [6, 6.07) is 45.5. The molecule has 0 aliphatic heterocycles. The van der Waals surface area contributed by atoms with Crippen molar-refractivity contribution in [1.82, 2.24) is 10.2 Å². The maximum Gasteiger partial charge on any atom is 0.410 e. The molecule has 2 amide bonds. The van der Waals surface area contributed by atoms with E-state index in [1.54, 1.807) is 48.6 Å². The molecule has 6 rings (SSSR count). The van der Waals surface area contributed by atoms with Gasteiger partial charge in [-0.1, -0.05) is 164 Å². The molecule has 67 heavy (non-hydrogen) atoms. The van der Waals surface area contributed by atoms with Gasteiger partial charge in [-0.2, -0.15) is 0 Å². The minimum atomic E-state index is -1.00. The zero-order valence-electron chi connectivity index (χ0n) is 40.7. The predicted octanol–water partition coefficient (Wildman–Crippen LogP) is 12.1. The number of carbonyl (C=O) groups is 4. The van der Waals surface area contributed by atoms with Gasteiger partial charge in [0, 0.05) is 13.5 Å². The highest BCUT2D eigenvalue weighted by Crippen LogP contribution is 2.29. The van der Waals surface area contributed by atoms with E-state index >= 15 is 0 Å². The zero-order chi connectivity index (χ0) is 49.5. The molecule has 3 atom stereocenters. The molecule has 0 saturated carbocycles. The van der Waals surface area contributed by atoms with Gasteiger partial charge in [0.05, 0.1) is 8.52 Å². The maximum absolute atomic E-state index is 13.1. The number of hydrogen-bond acceptors (Lipinski definition) is 8. The normalized spacial score (nSPS) is 14.1. The van der Waals surface area contributed by atoms with Crippen LogP contribution in [0.4, 0.5) is 14.0 Å². The number of hydrogen-bond donors (Lipinski definition) is 1. The number of carbonyl (C=O) groups excluding carboxylic acids is 4. The van der Waals surface area contributed by atoms with Crippen LogP contribution in [0.5, 0.6) is 0 Å². The van der Waals surface area contributed by atoms with E-state index in [-0.39, 0.29) is 19.1 Å². The second kappa shape index (κ2) is 26.2. The van der Waals surface area contributed by atoms with Crippen LogP contribution >= 0.6 is 0 Å². The molecule has 1 N–H and O–H groups in total. The van der Waals surface area contributed by atoms with Crippen LogP contribution in [0.3, 0.4) is 0 Å². The van der Waals surface area contributed by atoms with Crippen molar-refractivity contribution in [2.45, 2.75) is 97.3 Å². The number of amides is 2. The average Bonchev–Trinajstić information content (AvgIpc) is 3.32. The molecule has 5 aromatic carbocycles. The van der Waals surface area contributed by atoms with Gasteiger partial charge >= 0.3 is 24.1 Å². The number of ether oxygens (including phenoxy) is 4. The van der Waals surface area contributed by atoms with Crippen LogP contribution in [0.2, 0.25) is 0 Å². The van der Waals surface area contributed by atoms with E-state index in [1.807, 2.05) is 133 Å². The fourth-order valence-corrected chi connectivity index (χ4v) is 6.84. The van der Waals surface area contributed by atoms with Crippen LogP contribution in [-0.2, 0) is 48.2 Å². The Morgan fingerprint density at radius 2 is 1.12 bits per heavy atom. The van der Waals surface area contributed by atoms with Crippen molar-refractivity contribution in [1.29, 1.82) is 0 Å². The first kappa shape index (κ1) is 51.0. The molecule has 1 unspecified atom stereocenters. The summed E-state index contributed by atoms with van der Waals surface area (Å²) in [6.45, 7) is 11.0. The monoisotopic (exact) mass is 913 g/mol. The molecule has 0 heterocycles. The van der Waals surface area contributed by atoms with Gasteiger partial charge in [0.1, 0.15) is 36.5 Å². The minimum Gasteiger partial charge on any atom is -0.459 e. The smallest absolute Gasteiger partial charge is 0.410 e. The van der Waals surface area contributed by atoms with Gasteiger partial charge in [-0.3, -0.25) is 9.29 Å². The van der Waals surface area contributed by atoms with Gasteiger partial charge in [0.2, 0.25) is 0 Å². The third-order valence-electron chi connectivity index (χ3n) is 10.2. The third-order valence-corrected chi connectivity index (χ3v) is 10.2. The lowest BCUT2D eigenvalue weighted by molar-refractivity contribution is -0.151. The number of alkyl halides is 1. The number of nitrogens with zero attached hydrogens (tertiary/aromatic N) is 1. The molecule has 1 aliphatic rings. The molecule has 0 spiro atoms. The fraction of sp³-hybridized carbons (Fsp3) is 0.321. The largest absolute Gasteiger partial charge is 0.459 e. The number of nitrogens with one attached hydrogen (secondary N) is 1. The van der Waals surface area contributed by atoms with Gasteiger partial charge in [-0.15, -0.1) is 0 Å². The molecule has 0 aromatic heterocycles. The third kappa shape index (κ3) is 18.8. The molecule has 0 bridgehead atoms. The van der Waals surface area contributed by atoms with Crippen molar-refractivity contribution >= 4 is 29.7 Å². The Balaban J connectivity index is 0.000000280. The molecular formula is C56H65FN2O8. The van der Waals surface area contributed by atoms with E-state index in [2.05, 4.69) is 35.7 Å². The summed E-state index contributed by atoms with van der Waals surface area (Å²) in [6.07, 6.45) is 6.72. The number of likely N-dealkylation sites (N-methyl/N-ethyl adjacent to an activating group) is 1. The van der Waals surface area contributed by atoms with Crippen LogP contribution in [0.1, 0.15) is 78.0 Å². The highest BCUT2D eigenvalue weighted by molar-refractivity contribution is 5.82. The van der Waals surface area contributed by atoms with Crippen molar-refractivity contribution in [2.24, 2.45) is 5.92 Å². The van der Waals surface area contributed by atoms with Crippen molar-refractivity contribution in [3.05, 3.63) is 186 Å². The number of rotatable bonds is 14. The van der Waals surface area contributed by atoms with Gasteiger partial charge in [0.25, 0.3) is 0 Å². The SMILES string of the molecule is CC(C)(C)OC(=O)N[C@@H](Cc1ccc(-c2ccccc2)cc1)C(=O)OCc1ccccc1.CN(C(=O)OC(C)(C)C)[C@@H](CC1C=CC(c2ccccc2)=CC1)C(=O)OCc1ccccc1.[2H]CF. The molecule has 354 valence electrons. The van der Waals surface area contributed by atoms with Gasteiger partial charge in [0.15, 0.2) is 0 Å². The average molecular weight is 914 g/mol. The lowest BCUT2D eigenvalue weighted by Gasteiger charge is -2.31. The Bertz CT molecular complexity index is 2370. The molecule has 10 nitrogen and oxygen atoms in total. The molecule has 1 aliphatic carbocycles. The Kier molecular flexibility index (Phi) is 19.9. The molecule has 0 fully saturated rings.